The Balaban J connectivity index is 2.20. The third kappa shape index (κ3) is 4.21. The zero-order valence-electron chi connectivity index (χ0n) is 13.7. The first-order valence-corrected chi connectivity index (χ1v) is 7.98. The lowest BCUT2D eigenvalue weighted by Gasteiger charge is -2.21. The van der Waals surface area contributed by atoms with E-state index in [0.717, 1.165) is 12.8 Å². The van der Waals surface area contributed by atoms with Gasteiger partial charge in [0.15, 0.2) is 0 Å². The van der Waals surface area contributed by atoms with E-state index < -0.39 is 22.8 Å². The highest BCUT2D eigenvalue weighted by Crippen LogP contribution is 2.31. The molecule has 0 heterocycles. The number of carbonyl (C=O) groups excluding carboxylic acids is 2. The van der Waals surface area contributed by atoms with Gasteiger partial charge in [-0.25, -0.2) is 0 Å². The minimum atomic E-state index is -0.814. The van der Waals surface area contributed by atoms with Crippen molar-refractivity contribution >= 4 is 23.2 Å². The van der Waals surface area contributed by atoms with Crippen LogP contribution < -0.4 is 16.4 Å². The molecule has 0 aromatic heterocycles. The summed E-state index contributed by atoms with van der Waals surface area (Å²) in [7, 11) is 0. The molecule has 1 aliphatic rings. The van der Waals surface area contributed by atoms with E-state index in [1.807, 2.05) is 6.92 Å². The van der Waals surface area contributed by atoms with Crippen LogP contribution in [-0.2, 0) is 4.79 Å². The highest BCUT2D eigenvalue weighted by Gasteiger charge is 2.27. The molecule has 2 rings (SSSR count). The molecule has 8 heteroatoms. The van der Waals surface area contributed by atoms with Gasteiger partial charge in [-0.15, -0.1) is 0 Å². The van der Waals surface area contributed by atoms with E-state index in [9.17, 15) is 19.7 Å². The van der Waals surface area contributed by atoms with Gasteiger partial charge in [0.05, 0.1) is 4.92 Å². The van der Waals surface area contributed by atoms with E-state index >= 15 is 0 Å². The summed E-state index contributed by atoms with van der Waals surface area (Å²) in [6, 6.07) is 3.68. The summed E-state index contributed by atoms with van der Waals surface area (Å²) < 4.78 is 0. The molecule has 1 aromatic carbocycles. The first-order chi connectivity index (χ1) is 11.3. The number of nitro benzene ring substituents is 1. The lowest BCUT2D eigenvalue weighted by Crippen LogP contribution is -2.48. The number of hydrogen-bond acceptors (Lipinski definition) is 5. The molecular weight excluding hydrogens is 312 g/mol. The van der Waals surface area contributed by atoms with Gasteiger partial charge < -0.3 is 16.4 Å². The molecule has 24 heavy (non-hydrogen) atoms. The number of primary amides is 1. The Hall–Kier alpha value is -2.64. The summed E-state index contributed by atoms with van der Waals surface area (Å²) in [6.07, 6.45) is 2.63. The van der Waals surface area contributed by atoms with Crippen LogP contribution in [0, 0.1) is 16.0 Å². The van der Waals surface area contributed by atoms with Crippen molar-refractivity contribution in [1.82, 2.24) is 5.32 Å². The molecule has 0 radical (unpaired) electrons. The minimum absolute atomic E-state index is 0.123. The zero-order valence-corrected chi connectivity index (χ0v) is 13.7. The van der Waals surface area contributed by atoms with Crippen LogP contribution in [0.15, 0.2) is 18.2 Å². The maximum absolute atomic E-state index is 12.3. The predicted molar refractivity (Wildman–Crippen MR) is 89.6 cm³/mol. The van der Waals surface area contributed by atoms with E-state index in [1.165, 1.54) is 18.2 Å². The number of carbonyl (C=O) groups is 2. The molecule has 0 spiro atoms. The molecule has 0 saturated heterocycles. The summed E-state index contributed by atoms with van der Waals surface area (Å²) in [5.41, 5.74) is 5.69. The zero-order chi connectivity index (χ0) is 17.9. The number of anilines is 1. The maximum Gasteiger partial charge on any atom is 0.293 e. The number of amides is 2. The van der Waals surface area contributed by atoms with Crippen molar-refractivity contribution in [1.29, 1.82) is 0 Å². The third-order valence-electron chi connectivity index (χ3n) is 4.20. The number of nitrogens with two attached hydrogens (primary N) is 1. The molecule has 4 N–H and O–H groups in total. The molecule has 2 atom stereocenters. The quantitative estimate of drug-likeness (QED) is 0.493. The van der Waals surface area contributed by atoms with Crippen molar-refractivity contribution in [2.24, 2.45) is 11.7 Å². The molecule has 8 nitrogen and oxygen atoms in total. The first-order valence-electron chi connectivity index (χ1n) is 7.98. The van der Waals surface area contributed by atoms with Crippen LogP contribution in [0.4, 0.5) is 11.4 Å². The highest BCUT2D eigenvalue weighted by molar-refractivity contribution is 5.98. The van der Waals surface area contributed by atoms with Gasteiger partial charge in [-0.3, -0.25) is 19.7 Å². The normalized spacial score (nSPS) is 16.1. The van der Waals surface area contributed by atoms with Crippen LogP contribution >= 0.6 is 0 Å². The monoisotopic (exact) mass is 334 g/mol. The summed E-state index contributed by atoms with van der Waals surface area (Å²) in [4.78, 5) is 34.6. The SMILES string of the molecule is CCC(C)C(NC(=O)c1ccc(NC2CC2)c([N+](=O)[O-])c1)C(N)=O. The van der Waals surface area contributed by atoms with Gasteiger partial charge in [0, 0.05) is 17.7 Å². The second-order valence-electron chi connectivity index (χ2n) is 6.15. The molecule has 0 bridgehead atoms. The molecule has 130 valence electrons. The number of benzene rings is 1. The van der Waals surface area contributed by atoms with Crippen LogP contribution in [0.25, 0.3) is 0 Å². The van der Waals surface area contributed by atoms with Crippen LogP contribution in [0.2, 0.25) is 0 Å². The summed E-state index contributed by atoms with van der Waals surface area (Å²) in [5, 5.41) is 16.9. The van der Waals surface area contributed by atoms with Gasteiger partial charge in [0.2, 0.25) is 5.91 Å². The second kappa shape index (κ2) is 7.29. The van der Waals surface area contributed by atoms with Crippen molar-refractivity contribution in [3.05, 3.63) is 33.9 Å². The highest BCUT2D eigenvalue weighted by atomic mass is 16.6. The number of nitro groups is 1. The lowest BCUT2D eigenvalue weighted by molar-refractivity contribution is -0.384. The van der Waals surface area contributed by atoms with E-state index in [4.69, 9.17) is 5.73 Å². The topological polar surface area (TPSA) is 127 Å². The van der Waals surface area contributed by atoms with E-state index in [2.05, 4.69) is 10.6 Å². The van der Waals surface area contributed by atoms with Crippen LogP contribution in [-0.4, -0.2) is 28.8 Å². The van der Waals surface area contributed by atoms with Crippen LogP contribution in [0.3, 0.4) is 0 Å². The number of rotatable bonds is 8. The average molecular weight is 334 g/mol. The molecule has 0 aliphatic heterocycles. The van der Waals surface area contributed by atoms with Gasteiger partial charge in [0.25, 0.3) is 11.6 Å². The van der Waals surface area contributed by atoms with Gasteiger partial charge in [0.1, 0.15) is 11.7 Å². The Morgan fingerprint density at radius 2 is 2.08 bits per heavy atom. The molecule has 2 amide bonds. The number of nitrogens with one attached hydrogen (secondary N) is 2. The van der Waals surface area contributed by atoms with Crippen molar-refractivity contribution < 1.29 is 14.5 Å². The third-order valence-corrected chi connectivity index (χ3v) is 4.20. The Labute approximate surface area is 139 Å². The molecule has 1 fully saturated rings. The fourth-order valence-corrected chi connectivity index (χ4v) is 2.35. The maximum atomic E-state index is 12.3. The Morgan fingerprint density at radius 3 is 2.58 bits per heavy atom. The van der Waals surface area contributed by atoms with Crippen molar-refractivity contribution in [2.45, 2.75) is 45.2 Å². The average Bonchev–Trinajstić information content (AvgIpc) is 3.35. The van der Waals surface area contributed by atoms with Gasteiger partial charge in [-0.2, -0.15) is 0 Å². The number of nitrogens with zero attached hydrogens (tertiary/aromatic N) is 1. The van der Waals surface area contributed by atoms with E-state index in [-0.39, 0.29) is 23.2 Å². The smallest absolute Gasteiger partial charge is 0.293 e. The molecular formula is C16H22N4O4. The van der Waals surface area contributed by atoms with E-state index in [0.29, 0.717) is 12.1 Å². The van der Waals surface area contributed by atoms with Crippen molar-refractivity contribution in [3.63, 3.8) is 0 Å². The largest absolute Gasteiger partial charge is 0.377 e. The van der Waals surface area contributed by atoms with Gasteiger partial charge in [-0.1, -0.05) is 20.3 Å². The van der Waals surface area contributed by atoms with Crippen molar-refractivity contribution in [3.8, 4) is 0 Å². The van der Waals surface area contributed by atoms with Crippen LogP contribution in [0.5, 0.6) is 0 Å². The Bertz CT molecular complexity index is 657. The van der Waals surface area contributed by atoms with Gasteiger partial charge >= 0.3 is 0 Å². The summed E-state index contributed by atoms with van der Waals surface area (Å²) >= 11 is 0. The minimum Gasteiger partial charge on any atom is -0.377 e. The molecule has 1 aromatic rings. The van der Waals surface area contributed by atoms with Gasteiger partial charge in [-0.05, 0) is 30.9 Å². The molecule has 2 unspecified atom stereocenters. The van der Waals surface area contributed by atoms with E-state index in [1.54, 1.807) is 6.92 Å². The Kier molecular flexibility index (Phi) is 5.38. The first kappa shape index (κ1) is 17.7. The standard InChI is InChI=1S/C16H22N4O4/c1-3-9(2)14(15(17)21)19-16(22)10-4-7-12(18-11-5-6-11)13(8-10)20(23)24/h4,7-9,11,14,18H,3,5-6H2,1-2H3,(H2,17,21)(H,19,22). The second-order valence-corrected chi connectivity index (χ2v) is 6.15. The lowest BCUT2D eigenvalue weighted by atomic mass is 9.98. The fourth-order valence-electron chi connectivity index (χ4n) is 2.35. The molecule has 1 saturated carbocycles. The Morgan fingerprint density at radius 1 is 1.42 bits per heavy atom. The van der Waals surface area contributed by atoms with Crippen LogP contribution in [0.1, 0.15) is 43.5 Å². The molecule has 1 aliphatic carbocycles. The summed E-state index contributed by atoms with van der Waals surface area (Å²) in [6.45, 7) is 3.69. The number of hydrogen-bond donors (Lipinski definition) is 3. The fraction of sp³-hybridized carbons (Fsp3) is 0.500. The van der Waals surface area contributed by atoms with Crippen molar-refractivity contribution in [2.75, 3.05) is 5.32 Å². The summed E-state index contributed by atoms with van der Waals surface area (Å²) in [5.74, 6) is -1.31. The predicted octanol–water partition coefficient (Wildman–Crippen LogP) is 1.80.